The highest BCUT2D eigenvalue weighted by atomic mass is 16.5. The van der Waals surface area contributed by atoms with Crippen LogP contribution in [-0.4, -0.2) is 64.0 Å². The van der Waals surface area contributed by atoms with E-state index in [1.54, 1.807) is 19.3 Å². The molecular weight excluding hydrogens is 420 g/mol. The topological polar surface area (TPSA) is 69.3 Å². The van der Waals surface area contributed by atoms with Crippen molar-refractivity contribution >= 4 is 12.0 Å². The fourth-order valence-electron chi connectivity index (χ4n) is 3.84. The van der Waals surface area contributed by atoms with Gasteiger partial charge in [0.25, 0.3) is 0 Å². The van der Waals surface area contributed by atoms with Gasteiger partial charge >= 0.3 is 0 Å². The fraction of sp³-hybridized carbons (Fsp3) is 0.423. The van der Waals surface area contributed by atoms with Gasteiger partial charge in [-0.1, -0.05) is 24.3 Å². The molecule has 178 valence electrons. The number of morpholine rings is 1. The maximum atomic E-state index is 12.6. The molecule has 2 aromatic carbocycles. The van der Waals surface area contributed by atoms with Crippen molar-refractivity contribution < 1.29 is 23.7 Å². The molecule has 0 aromatic heterocycles. The van der Waals surface area contributed by atoms with Crippen molar-refractivity contribution in [2.45, 2.75) is 19.9 Å². The van der Waals surface area contributed by atoms with E-state index < -0.39 is 0 Å². The van der Waals surface area contributed by atoms with Crippen LogP contribution < -0.4 is 19.5 Å². The highest BCUT2D eigenvalue weighted by Crippen LogP contribution is 2.32. The van der Waals surface area contributed by atoms with Crippen LogP contribution in [0, 0.1) is 0 Å². The molecule has 0 spiro atoms. The smallest absolute Gasteiger partial charge is 0.244 e. The van der Waals surface area contributed by atoms with Gasteiger partial charge in [-0.15, -0.1) is 0 Å². The Labute approximate surface area is 196 Å². The van der Waals surface area contributed by atoms with Gasteiger partial charge in [0.15, 0.2) is 11.5 Å². The number of rotatable bonds is 11. The lowest BCUT2D eigenvalue weighted by atomic mass is 10.0. The minimum atomic E-state index is -0.155. The van der Waals surface area contributed by atoms with Gasteiger partial charge in [-0.05, 0) is 43.7 Å². The molecule has 7 nitrogen and oxygen atoms in total. The quantitative estimate of drug-likeness (QED) is 0.522. The minimum Gasteiger partial charge on any atom is -0.493 e. The van der Waals surface area contributed by atoms with Crippen molar-refractivity contribution in [1.29, 1.82) is 0 Å². The second kappa shape index (κ2) is 12.9. The van der Waals surface area contributed by atoms with E-state index >= 15 is 0 Å². The molecule has 2 aromatic rings. The van der Waals surface area contributed by atoms with E-state index in [0.29, 0.717) is 44.5 Å². The zero-order valence-electron chi connectivity index (χ0n) is 19.7. The number of hydrogen-bond acceptors (Lipinski definition) is 6. The molecule has 1 aliphatic rings. The molecule has 1 N–H and O–H groups in total. The predicted molar refractivity (Wildman–Crippen MR) is 129 cm³/mol. The molecule has 0 saturated carbocycles. The van der Waals surface area contributed by atoms with Gasteiger partial charge in [0.05, 0.1) is 39.6 Å². The molecule has 1 unspecified atom stereocenters. The Morgan fingerprint density at radius 1 is 1.06 bits per heavy atom. The van der Waals surface area contributed by atoms with Gasteiger partial charge in [-0.3, -0.25) is 9.69 Å². The number of hydrogen-bond donors (Lipinski definition) is 1. The first kappa shape index (κ1) is 24.6. The molecule has 7 heteroatoms. The summed E-state index contributed by atoms with van der Waals surface area (Å²) in [5.41, 5.74) is 1.93. The van der Waals surface area contributed by atoms with Crippen molar-refractivity contribution in [2.24, 2.45) is 0 Å². The van der Waals surface area contributed by atoms with Gasteiger partial charge in [0, 0.05) is 31.3 Å². The Balaban J connectivity index is 1.73. The number of amides is 1. The van der Waals surface area contributed by atoms with Gasteiger partial charge in [0.1, 0.15) is 5.75 Å². The molecule has 1 saturated heterocycles. The molecule has 0 aliphatic carbocycles. The lowest BCUT2D eigenvalue weighted by Crippen LogP contribution is -2.43. The first-order valence-electron chi connectivity index (χ1n) is 11.5. The molecule has 3 rings (SSSR count). The summed E-state index contributed by atoms with van der Waals surface area (Å²) in [5, 5.41) is 3.06. The van der Waals surface area contributed by atoms with Crippen molar-refractivity contribution in [1.82, 2.24) is 10.2 Å². The molecule has 0 bridgehead atoms. The van der Waals surface area contributed by atoms with Crippen molar-refractivity contribution in [2.75, 3.05) is 53.2 Å². The normalized spacial score (nSPS) is 15.2. The van der Waals surface area contributed by atoms with Crippen LogP contribution in [0.4, 0.5) is 0 Å². The van der Waals surface area contributed by atoms with Crippen LogP contribution in [0.1, 0.15) is 31.0 Å². The summed E-state index contributed by atoms with van der Waals surface area (Å²) in [6.07, 6.45) is 3.33. The minimum absolute atomic E-state index is 0.00784. The van der Waals surface area contributed by atoms with E-state index in [2.05, 4.69) is 10.2 Å². The number of carbonyl (C=O) groups is 1. The van der Waals surface area contributed by atoms with Crippen LogP contribution in [0.15, 0.2) is 48.5 Å². The largest absolute Gasteiger partial charge is 0.493 e. The van der Waals surface area contributed by atoms with E-state index in [1.165, 1.54) is 0 Å². The van der Waals surface area contributed by atoms with E-state index in [4.69, 9.17) is 18.9 Å². The lowest BCUT2D eigenvalue weighted by molar-refractivity contribution is -0.116. The van der Waals surface area contributed by atoms with Crippen LogP contribution in [0.25, 0.3) is 6.08 Å². The Hall–Kier alpha value is -3.03. The average Bonchev–Trinajstić information content (AvgIpc) is 2.85. The van der Waals surface area contributed by atoms with Crippen molar-refractivity contribution in [3.8, 4) is 17.2 Å². The summed E-state index contributed by atoms with van der Waals surface area (Å²) in [4.78, 5) is 15.0. The Bertz CT molecular complexity index is 925. The average molecular weight is 455 g/mol. The second-order valence-electron chi connectivity index (χ2n) is 7.56. The molecule has 33 heavy (non-hydrogen) atoms. The number of ether oxygens (including phenoxy) is 4. The van der Waals surface area contributed by atoms with Crippen LogP contribution >= 0.6 is 0 Å². The summed E-state index contributed by atoms with van der Waals surface area (Å²) < 4.78 is 22.4. The van der Waals surface area contributed by atoms with Gasteiger partial charge in [-0.25, -0.2) is 0 Å². The first-order valence-corrected chi connectivity index (χ1v) is 11.5. The maximum absolute atomic E-state index is 12.6. The molecule has 1 fully saturated rings. The van der Waals surface area contributed by atoms with E-state index in [0.717, 1.165) is 30.0 Å². The number of methoxy groups -OCH3 is 1. The third kappa shape index (κ3) is 6.97. The summed E-state index contributed by atoms with van der Waals surface area (Å²) in [7, 11) is 1.64. The molecule has 1 heterocycles. The third-order valence-corrected chi connectivity index (χ3v) is 5.46. The van der Waals surface area contributed by atoms with Crippen LogP contribution in [0.2, 0.25) is 0 Å². The monoisotopic (exact) mass is 454 g/mol. The van der Waals surface area contributed by atoms with Gasteiger partial charge < -0.3 is 24.3 Å². The second-order valence-corrected chi connectivity index (χ2v) is 7.56. The van der Waals surface area contributed by atoms with Crippen LogP contribution in [0.3, 0.4) is 0 Å². The Morgan fingerprint density at radius 3 is 2.52 bits per heavy atom. The molecule has 1 amide bonds. The van der Waals surface area contributed by atoms with Crippen LogP contribution in [0.5, 0.6) is 17.2 Å². The van der Waals surface area contributed by atoms with Crippen LogP contribution in [-0.2, 0) is 9.53 Å². The number of nitrogens with one attached hydrogen (secondary N) is 1. The summed E-state index contributed by atoms with van der Waals surface area (Å²) >= 11 is 0. The number of nitrogens with zero attached hydrogens (tertiary/aromatic N) is 1. The molecule has 1 atom stereocenters. The van der Waals surface area contributed by atoms with Gasteiger partial charge in [-0.2, -0.15) is 0 Å². The number of para-hydroxylation sites is 1. The van der Waals surface area contributed by atoms with E-state index in [-0.39, 0.29) is 11.9 Å². The third-order valence-electron chi connectivity index (χ3n) is 5.46. The van der Waals surface area contributed by atoms with E-state index in [1.807, 2.05) is 56.3 Å². The zero-order chi connectivity index (χ0) is 23.5. The number of carbonyl (C=O) groups excluding carboxylic acids is 1. The van der Waals surface area contributed by atoms with Crippen molar-refractivity contribution in [3.63, 3.8) is 0 Å². The summed E-state index contributed by atoms with van der Waals surface area (Å²) in [6.45, 7) is 8.43. The molecule has 0 radical (unpaired) electrons. The standard InChI is InChI=1S/C26H34N2O5/c1-4-32-23-9-7-6-8-20(23)11-13-26(29)27-19-22(28-14-16-31-17-15-28)21-10-12-24(33-5-2)25(18-21)30-3/h6-13,18,22H,4-5,14-17,19H2,1-3H3,(H,27,29)/b13-11+. The predicted octanol–water partition coefficient (Wildman–Crippen LogP) is 3.70. The molecule has 1 aliphatic heterocycles. The highest BCUT2D eigenvalue weighted by molar-refractivity contribution is 5.92. The van der Waals surface area contributed by atoms with Crippen molar-refractivity contribution in [3.05, 3.63) is 59.7 Å². The zero-order valence-corrected chi connectivity index (χ0v) is 19.7. The summed E-state index contributed by atoms with van der Waals surface area (Å²) in [6, 6.07) is 13.6. The van der Waals surface area contributed by atoms with E-state index in [9.17, 15) is 4.79 Å². The Kier molecular flexibility index (Phi) is 9.59. The number of benzene rings is 2. The SMILES string of the molecule is CCOc1ccccc1/C=C/C(=O)NCC(c1ccc(OCC)c(OC)c1)N1CCOCC1. The first-order chi connectivity index (χ1) is 16.2. The Morgan fingerprint density at radius 2 is 1.79 bits per heavy atom. The lowest BCUT2D eigenvalue weighted by Gasteiger charge is -2.35. The summed E-state index contributed by atoms with van der Waals surface area (Å²) in [5.74, 6) is 2.00. The van der Waals surface area contributed by atoms with Gasteiger partial charge in [0.2, 0.25) is 5.91 Å². The maximum Gasteiger partial charge on any atom is 0.244 e. The fourth-order valence-corrected chi connectivity index (χ4v) is 3.84. The highest BCUT2D eigenvalue weighted by Gasteiger charge is 2.24. The molecular formula is C26H34N2O5.